The summed E-state index contributed by atoms with van der Waals surface area (Å²) >= 11 is 0. The minimum absolute atomic E-state index is 0.0708. The zero-order valence-corrected chi connectivity index (χ0v) is 10.9. The molecule has 0 aromatic carbocycles. The van der Waals surface area contributed by atoms with Crippen molar-refractivity contribution >= 4 is 6.09 Å². The fourth-order valence-electron chi connectivity index (χ4n) is 2.01. The molecule has 1 saturated heterocycles. The van der Waals surface area contributed by atoms with Crippen LogP contribution in [0.25, 0.3) is 0 Å². The molecule has 17 heavy (non-hydrogen) atoms. The molecule has 0 saturated carbocycles. The fourth-order valence-corrected chi connectivity index (χ4v) is 2.01. The molecule has 0 radical (unpaired) electrons. The Labute approximate surface area is 102 Å². The largest absolute Gasteiger partial charge is 0.444 e. The van der Waals surface area contributed by atoms with Crippen LogP contribution >= 0.6 is 0 Å². The molecule has 0 unspecified atom stereocenters. The van der Waals surface area contributed by atoms with Crippen molar-refractivity contribution in [1.29, 1.82) is 0 Å². The van der Waals surface area contributed by atoms with Crippen LogP contribution in [0.1, 0.15) is 40.0 Å². The number of aliphatic hydroxyl groups excluding tert-OH is 1. The molecule has 0 aromatic rings. The maximum Gasteiger partial charge on any atom is 0.410 e. The van der Waals surface area contributed by atoms with Crippen LogP contribution in [0.3, 0.4) is 0 Å². The van der Waals surface area contributed by atoms with Gasteiger partial charge in [-0.15, -0.1) is 0 Å². The number of hydrogen-bond donors (Lipinski definition) is 2. The Morgan fingerprint density at radius 3 is 2.65 bits per heavy atom. The zero-order valence-electron chi connectivity index (χ0n) is 10.9. The number of piperidine rings is 1. The molecule has 1 amide bonds. The van der Waals surface area contributed by atoms with Crippen LogP contribution in [0.5, 0.6) is 0 Å². The number of aliphatic hydroxyl groups is 2. The average Bonchev–Trinajstić information content (AvgIpc) is 2.14. The van der Waals surface area contributed by atoms with Crippen molar-refractivity contribution in [1.82, 2.24) is 4.90 Å². The molecule has 1 heterocycles. The normalized spacial score (nSPS) is 25.8. The van der Waals surface area contributed by atoms with E-state index < -0.39 is 17.3 Å². The minimum Gasteiger partial charge on any atom is -0.444 e. The number of rotatable bonds is 2. The van der Waals surface area contributed by atoms with Crippen LogP contribution in [0, 0.1) is 0 Å². The van der Waals surface area contributed by atoms with Crippen molar-refractivity contribution in [3.8, 4) is 0 Å². The molecular weight excluding hydrogens is 222 g/mol. The number of nitrogens with zero attached hydrogens (tertiary/aromatic N) is 1. The second-order valence-electron chi connectivity index (χ2n) is 5.70. The maximum absolute atomic E-state index is 11.8. The molecule has 0 spiro atoms. The van der Waals surface area contributed by atoms with Crippen molar-refractivity contribution in [2.24, 2.45) is 0 Å². The third-order valence-corrected chi connectivity index (χ3v) is 2.78. The van der Waals surface area contributed by atoms with E-state index in [9.17, 15) is 9.90 Å². The second kappa shape index (κ2) is 5.23. The third-order valence-electron chi connectivity index (χ3n) is 2.78. The highest BCUT2D eigenvalue weighted by Gasteiger charge is 2.36. The van der Waals surface area contributed by atoms with Gasteiger partial charge in [0, 0.05) is 19.6 Å². The van der Waals surface area contributed by atoms with Gasteiger partial charge in [0.2, 0.25) is 0 Å². The van der Waals surface area contributed by atoms with Gasteiger partial charge in [-0.2, -0.15) is 0 Å². The highest BCUT2D eigenvalue weighted by atomic mass is 16.6. The summed E-state index contributed by atoms with van der Waals surface area (Å²) in [6, 6.07) is 0. The topological polar surface area (TPSA) is 70.0 Å². The van der Waals surface area contributed by atoms with Gasteiger partial charge < -0.3 is 19.8 Å². The molecule has 100 valence electrons. The first-order valence-corrected chi connectivity index (χ1v) is 6.07. The summed E-state index contributed by atoms with van der Waals surface area (Å²) in [5, 5.41) is 19.1. The van der Waals surface area contributed by atoms with Crippen molar-refractivity contribution in [2.45, 2.75) is 51.2 Å². The predicted molar refractivity (Wildman–Crippen MR) is 63.7 cm³/mol. The van der Waals surface area contributed by atoms with Crippen molar-refractivity contribution < 1.29 is 19.7 Å². The lowest BCUT2D eigenvalue weighted by atomic mass is 9.90. The fraction of sp³-hybridized carbons (Fsp3) is 0.917. The van der Waals surface area contributed by atoms with E-state index in [1.807, 2.05) is 20.8 Å². The zero-order chi connectivity index (χ0) is 13.1. The van der Waals surface area contributed by atoms with E-state index in [0.29, 0.717) is 19.4 Å². The Balaban J connectivity index is 2.57. The summed E-state index contributed by atoms with van der Waals surface area (Å²) in [7, 11) is 0. The average molecular weight is 245 g/mol. The van der Waals surface area contributed by atoms with Gasteiger partial charge >= 0.3 is 6.09 Å². The number of β-amino-alcohol motifs (C(OH)–C–C–N with tert-alkyl or cyclic N) is 1. The van der Waals surface area contributed by atoms with Gasteiger partial charge in [-0.1, -0.05) is 0 Å². The SMILES string of the molecule is CC(C)(C)OC(=O)N1CCC[C@](O)(CCO)C1. The molecule has 0 aromatic heterocycles. The quantitative estimate of drug-likeness (QED) is 0.765. The Kier molecular flexibility index (Phi) is 4.38. The van der Waals surface area contributed by atoms with Gasteiger partial charge in [0.1, 0.15) is 5.60 Å². The van der Waals surface area contributed by atoms with Gasteiger partial charge in [-0.25, -0.2) is 4.79 Å². The summed E-state index contributed by atoms with van der Waals surface area (Å²) < 4.78 is 5.26. The lowest BCUT2D eigenvalue weighted by molar-refractivity contribution is -0.0538. The Hall–Kier alpha value is -0.810. The lowest BCUT2D eigenvalue weighted by Gasteiger charge is -2.39. The highest BCUT2D eigenvalue weighted by Crippen LogP contribution is 2.25. The summed E-state index contributed by atoms with van der Waals surface area (Å²) in [6.45, 7) is 6.21. The van der Waals surface area contributed by atoms with Crippen LogP contribution < -0.4 is 0 Å². The highest BCUT2D eigenvalue weighted by molar-refractivity contribution is 5.68. The molecule has 0 bridgehead atoms. The summed E-state index contributed by atoms with van der Waals surface area (Å²) in [5.74, 6) is 0. The molecule has 2 N–H and O–H groups in total. The van der Waals surface area contributed by atoms with E-state index in [4.69, 9.17) is 9.84 Å². The number of likely N-dealkylation sites (tertiary alicyclic amines) is 1. The minimum atomic E-state index is -0.968. The number of ether oxygens (including phenoxy) is 1. The van der Waals surface area contributed by atoms with E-state index >= 15 is 0 Å². The van der Waals surface area contributed by atoms with Crippen molar-refractivity contribution in [3.63, 3.8) is 0 Å². The van der Waals surface area contributed by atoms with E-state index in [0.717, 1.165) is 6.42 Å². The smallest absolute Gasteiger partial charge is 0.410 e. The number of hydrogen-bond acceptors (Lipinski definition) is 4. The molecule has 1 aliphatic rings. The third kappa shape index (κ3) is 4.52. The molecule has 1 aliphatic heterocycles. The van der Waals surface area contributed by atoms with Gasteiger partial charge in [0.25, 0.3) is 0 Å². The molecule has 1 atom stereocenters. The lowest BCUT2D eigenvalue weighted by Crippen LogP contribution is -2.51. The first kappa shape index (κ1) is 14.3. The Morgan fingerprint density at radius 2 is 2.12 bits per heavy atom. The van der Waals surface area contributed by atoms with E-state index in [-0.39, 0.29) is 13.2 Å². The van der Waals surface area contributed by atoms with Gasteiger partial charge in [-0.3, -0.25) is 0 Å². The maximum atomic E-state index is 11.8. The molecule has 0 aliphatic carbocycles. The van der Waals surface area contributed by atoms with E-state index in [2.05, 4.69) is 0 Å². The van der Waals surface area contributed by atoms with Gasteiger partial charge in [-0.05, 0) is 33.6 Å². The summed E-state index contributed by atoms with van der Waals surface area (Å²) in [5.41, 5.74) is -1.49. The number of carbonyl (C=O) groups excluding carboxylic acids is 1. The first-order valence-electron chi connectivity index (χ1n) is 6.07. The monoisotopic (exact) mass is 245 g/mol. The molecule has 5 heteroatoms. The molecule has 1 fully saturated rings. The van der Waals surface area contributed by atoms with Crippen LogP contribution in [0.2, 0.25) is 0 Å². The van der Waals surface area contributed by atoms with Crippen LogP contribution in [0.4, 0.5) is 4.79 Å². The summed E-state index contributed by atoms with van der Waals surface area (Å²) in [4.78, 5) is 13.4. The Morgan fingerprint density at radius 1 is 1.47 bits per heavy atom. The number of amides is 1. The number of carbonyl (C=O) groups is 1. The van der Waals surface area contributed by atoms with E-state index in [1.165, 1.54) is 4.90 Å². The van der Waals surface area contributed by atoms with Crippen LogP contribution in [-0.4, -0.2) is 52.1 Å². The van der Waals surface area contributed by atoms with Crippen molar-refractivity contribution in [3.05, 3.63) is 0 Å². The summed E-state index contributed by atoms with van der Waals surface area (Å²) in [6.07, 6.45) is 1.25. The van der Waals surface area contributed by atoms with Crippen LogP contribution in [0.15, 0.2) is 0 Å². The van der Waals surface area contributed by atoms with Gasteiger partial charge in [0.15, 0.2) is 0 Å². The molecule has 1 rings (SSSR count). The first-order chi connectivity index (χ1) is 7.76. The molecular formula is C12H23NO4. The van der Waals surface area contributed by atoms with E-state index in [1.54, 1.807) is 0 Å². The Bertz CT molecular complexity index is 270. The van der Waals surface area contributed by atoms with Crippen molar-refractivity contribution in [2.75, 3.05) is 19.7 Å². The van der Waals surface area contributed by atoms with Gasteiger partial charge in [0.05, 0.1) is 12.1 Å². The molecule has 5 nitrogen and oxygen atoms in total. The second-order valence-corrected chi connectivity index (χ2v) is 5.70. The standard InChI is InChI=1S/C12H23NO4/c1-11(2,3)17-10(15)13-7-4-5-12(16,9-13)6-8-14/h14,16H,4-9H2,1-3H3/t12-/m0/s1. The van der Waals surface area contributed by atoms with Crippen LogP contribution in [-0.2, 0) is 4.74 Å². The predicted octanol–water partition coefficient (Wildman–Crippen LogP) is 1.13.